The lowest BCUT2D eigenvalue weighted by molar-refractivity contribution is -0.203. The lowest BCUT2D eigenvalue weighted by atomic mass is 9.88. The average molecular weight is 209 g/mol. The van der Waals surface area contributed by atoms with Crippen LogP contribution in [-0.2, 0) is 0 Å². The monoisotopic (exact) mass is 209 g/mol. The molecule has 0 aromatic carbocycles. The molecule has 0 aromatic heterocycles. The number of hydrogen-bond donors (Lipinski definition) is 2. The maximum absolute atomic E-state index is 12.8. The summed E-state index contributed by atoms with van der Waals surface area (Å²) in [4.78, 5) is 0. The quantitative estimate of drug-likeness (QED) is 0.530. The SMILES string of the molecule is C/C=N\NC1(C(F)(F)F)CCNCC1. The first kappa shape index (κ1) is 11.3. The second-order valence-electron chi connectivity index (χ2n) is 3.33. The Kier molecular flexibility index (Phi) is 3.36. The summed E-state index contributed by atoms with van der Waals surface area (Å²) < 4.78 is 38.3. The first-order valence-corrected chi connectivity index (χ1v) is 4.54. The fraction of sp³-hybridized carbons (Fsp3) is 0.875. The Morgan fingerprint density at radius 1 is 1.36 bits per heavy atom. The van der Waals surface area contributed by atoms with Gasteiger partial charge in [0.2, 0.25) is 0 Å². The van der Waals surface area contributed by atoms with Crippen LogP contribution >= 0.6 is 0 Å². The number of hydrogen-bond acceptors (Lipinski definition) is 3. The molecule has 0 spiro atoms. The Balaban J connectivity index is 2.77. The fourth-order valence-corrected chi connectivity index (χ4v) is 1.50. The van der Waals surface area contributed by atoms with Gasteiger partial charge in [0.25, 0.3) is 0 Å². The van der Waals surface area contributed by atoms with Crippen LogP contribution in [-0.4, -0.2) is 31.0 Å². The van der Waals surface area contributed by atoms with E-state index in [9.17, 15) is 13.2 Å². The Hall–Kier alpha value is -0.780. The van der Waals surface area contributed by atoms with Gasteiger partial charge in [-0.1, -0.05) is 0 Å². The minimum absolute atomic E-state index is 0.0217. The fourth-order valence-electron chi connectivity index (χ4n) is 1.50. The number of nitrogens with zero attached hydrogens (tertiary/aromatic N) is 1. The van der Waals surface area contributed by atoms with Crippen molar-refractivity contribution in [3.05, 3.63) is 0 Å². The molecule has 1 fully saturated rings. The van der Waals surface area contributed by atoms with E-state index in [0.29, 0.717) is 13.1 Å². The van der Waals surface area contributed by atoms with Crippen molar-refractivity contribution in [1.29, 1.82) is 0 Å². The van der Waals surface area contributed by atoms with Crippen LogP contribution in [0.25, 0.3) is 0 Å². The number of nitrogens with one attached hydrogen (secondary N) is 2. The van der Waals surface area contributed by atoms with E-state index < -0.39 is 11.7 Å². The Morgan fingerprint density at radius 2 is 1.93 bits per heavy atom. The minimum atomic E-state index is -4.25. The largest absolute Gasteiger partial charge is 0.413 e. The molecule has 0 bridgehead atoms. The molecule has 0 aliphatic carbocycles. The van der Waals surface area contributed by atoms with Gasteiger partial charge in [0.1, 0.15) is 0 Å². The topological polar surface area (TPSA) is 36.4 Å². The van der Waals surface area contributed by atoms with E-state index >= 15 is 0 Å². The molecule has 0 radical (unpaired) electrons. The van der Waals surface area contributed by atoms with Crippen LogP contribution in [0.4, 0.5) is 13.2 Å². The first-order chi connectivity index (χ1) is 6.52. The molecule has 0 saturated carbocycles. The minimum Gasteiger partial charge on any atom is -0.317 e. The third-order valence-corrected chi connectivity index (χ3v) is 2.41. The molecule has 1 saturated heterocycles. The predicted molar refractivity (Wildman–Crippen MR) is 48.2 cm³/mol. The highest BCUT2D eigenvalue weighted by molar-refractivity contribution is 5.52. The van der Waals surface area contributed by atoms with Gasteiger partial charge in [-0.2, -0.15) is 18.3 Å². The van der Waals surface area contributed by atoms with Gasteiger partial charge in [-0.25, -0.2) is 0 Å². The first-order valence-electron chi connectivity index (χ1n) is 4.54. The number of halogens is 3. The maximum atomic E-state index is 12.8. The van der Waals surface area contributed by atoms with Gasteiger partial charge in [0, 0.05) is 6.21 Å². The molecule has 2 N–H and O–H groups in total. The van der Waals surface area contributed by atoms with Gasteiger partial charge < -0.3 is 5.32 Å². The van der Waals surface area contributed by atoms with Gasteiger partial charge >= 0.3 is 6.18 Å². The number of alkyl halides is 3. The van der Waals surface area contributed by atoms with E-state index in [4.69, 9.17) is 0 Å². The second kappa shape index (κ2) is 4.16. The molecule has 0 unspecified atom stereocenters. The lowest BCUT2D eigenvalue weighted by Gasteiger charge is -2.38. The predicted octanol–water partition coefficient (Wildman–Crippen LogP) is 1.27. The molecule has 14 heavy (non-hydrogen) atoms. The van der Waals surface area contributed by atoms with E-state index in [1.807, 2.05) is 0 Å². The molecule has 1 heterocycles. The summed E-state index contributed by atoms with van der Waals surface area (Å²) in [6.07, 6.45) is -2.88. The van der Waals surface area contributed by atoms with Crippen molar-refractivity contribution in [1.82, 2.24) is 10.7 Å². The lowest BCUT2D eigenvalue weighted by Crippen LogP contribution is -2.60. The van der Waals surface area contributed by atoms with Crippen LogP contribution in [0.3, 0.4) is 0 Å². The summed E-state index contributed by atoms with van der Waals surface area (Å²) in [5, 5.41) is 6.41. The molecule has 0 aromatic rings. The number of rotatable bonds is 2. The van der Waals surface area contributed by atoms with E-state index in [0.717, 1.165) is 0 Å². The van der Waals surface area contributed by atoms with E-state index in [-0.39, 0.29) is 12.8 Å². The smallest absolute Gasteiger partial charge is 0.317 e. The van der Waals surface area contributed by atoms with E-state index in [2.05, 4.69) is 15.8 Å². The average Bonchev–Trinajstić information content (AvgIpc) is 2.14. The number of piperidine rings is 1. The summed E-state index contributed by atoms with van der Waals surface area (Å²) in [6.45, 7) is 2.32. The molecule has 0 amide bonds. The summed E-state index contributed by atoms with van der Waals surface area (Å²) >= 11 is 0. The van der Waals surface area contributed by atoms with Gasteiger partial charge in [-0.3, -0.25) is 5.43 Å². The molecular formula is C8H14F3N3. The molecule has 1 aliphatic rings. The van der Waals surface area contributed by atoms with Crippen molar-refractivity contribution >= 4 is 6.21 Å². The number of hydrazone groups is 1. The Labute approximate surface area is 80.7 Å². The second-order valence-corrected chi connectivity index (χ2v) is 3.33. The highest BCUT2D eigenvalue weighted by Crippen LogP contribution is 2.36. The zero-order valence-electron chi connectivity index (χ0n) is 7.99. The molecule has 6 heteroatoms. The molecule has 1 rings (SSSR count). The zero-order chi connectivity index (χ0) is 10.7. The van der Waals surface area contributed by atoms with Crippen molar-refractivity contribution in [2.75, 3.05) is 13.1 Å². The van der Waals surface area contributed by atoms with Crippen LogP contribution in [0.2, 0.25) is 0 Å². The highest BCUT2D eigenvalue weighted by atomic mass is 19.4. The normalized spacial score (nSPS) is 22.6. The van der Waals surface area contributed by atoms with E-state index in [1.165, 1.54) is 6.21 Å². The third kappa shape index (κ3) is 2.17. The van der Waals surface area contributed by atoms with Crippen molar-refractivity contribution < 1.29 is 13.2 Å². The van der Waals surface area contributed by atoms with Crippen LogP contribution in [0.15, 0.2) is 5.10 Å². The molecule has 1 aliphatic heterocycles. The summed E-state index contributed by atoms with van der Waals surface area (Å²) in [5.74, 6) is 0. The molecule has 0 atom stereocenters. The third-order valence-electron chi connectivity index (χ3n) is 2.41. The van der Waals surface area contributed by atoms with Crippen LogP contribution in [0, 0.1) is 0 Å². The maximum Gasteiger partial charge on any atom is 0.413 e. The van der Waals surface area contributed by atoms with Crippen molar-refractivity contribution in [2.45, 2.75) is 31.5 Å². The van der Waals surface area contributed by atoms with Crippen molar-refractivity contribution in [2.24, 2.45) is 5.10 Å². The molecule has 82 valence electrons. The van der Waals surface area contributed by atoms with Gasteiger partial charge in [0.15, 0.2) is 5.54 Å². The van der Waals surface area contributed by atoms with Gasteiger partial charge in [0.05, 0.1) is 0 Å². The summed E-state index contributed by atoms with van der Waals surface area (Å²) in [7, 11) is 0. The standard InChI is InChI=1S/C8H14F3N3/c1-2-13-14-7(8(9,10)11)3-5-12-6-4-7/h2,12,14H,3-6H2,1H3/b13-2-. The molecular weight excluding hydrogens is 195 g/mol. The van der Waals surface area contributed by atoms with E-state index in [1.54, 1.807) is 6.92 Å². The highest BCUT2D eigenvalue weighted by Gasteiger charge is 2.55. The van der Waals surface area contributed by atoms with Gasteiger partial charge in [-0.15, -0.1) is 0 Å². The van der Waals surface area contributed by atoms with Crippen molar-refractivity contribution in [3.63, 3.8) is 0 Å². The summed E-state index contributed by atoms with van der Waals surface area (Å²) in [5.41, 5.74) is 0.387. The summed E-state index contributed by atoms with van der Waals surface area (Å²) in [6, 6.07) is 0. The molecule has 3 nitrogen and oxygen atoms in total. The van der Waals surface area contributed by atoms with Gasteiger partial charge in [-0.05, 0) is 32.9 Å². The Bertz CT molecular complexity index is 206. The van der Waals surface area contributed by atoms with Crippen molar-refractivity contribution in [3.8, 4) is 0 Å². The zero-order valence-corrected chi connectivity index (χ0v) is 7.99. The Morgan fingerprint density at radius 3 is 2.36 bits per heavy atom. The van der Waals surface area contributed by atoms with Crippen LogP contribution < -0.4 is 10.7 Å². The van der Waals surface area contributed by atoms with Crippen LogP contribution in [0.1, 0.15) is 19.8 Å². The van der Waals surface area contributed by atoms with Crippen LogP contribution in [0.5, 0.6) is 0 Å².